The quantitative estimate of drug-likeness (QED) is 0.806. The van der Waals surface area contributed by atoms with E-state index >= 15 is 0 Å². The van der Waals surface area contributed by atoms with Crippen LogP contribution >= 0.6 is 0 Å². The monoisotopic (exact) mass is 338 g/mol. The van der Waals surface area contributed by atoms with Crippen molar-refractivity contribution in [3.8, 4) is 0 Å². The van der Waals surface area contributed by atoms with Crippen molar-refractivity contribution >= 4 is 11.9 Å². The van der Waals surface area contributed by atoms with Gasteiger partial charge in [0.05, 0.1) is 12.7 Å². The first-order valence-electron chi connectivity index (χ1n) is 7.72. The van der Waals surface area contributed by atoms with Crippen LogP contribution in [0.3, 0.4) is 0 Å². The van der Waals surface area contributed by atoms with E-state index < -0.39 is 42.6 Å². The third kappa shape index (κ3) is 4.77. The standard InChI is InChI=1S/C17H22O7/c1-10-14(21-9-13-7-5-4-6-8-13)15(23-11(2)18)16(17(20)22-10)24-12(3)19/h4-8,10,14-17,20H,9H2,1-3H3/t10-,14-,15+,16+,17?/m0/s1. The van der Waals surface area contributed by atoms with Crippen molar-refractivity contribution in [3.63, 3.8) is 0 Å². The van der Waals surface area contributed by atoms with Gasteiger partial charge in [0.15, 0.2) is 18.5 Å². The molecule has 2 rings (SSSR count). The molecule has 132 valence electrons. The molecule has 0 aromatic heterocycles. The van der Waals surface area contributed by atoms with Crippen LogP contribution in [0.1, 0.15) is 26.3 Å². The highest BCUT2D eigenvalue weighted by atomic mass is 16.7. The van der Waals surface area contributed by atoms with Gasteiger partial charge in [0.2, 0.25) is 0 Å². The van der Waals surface area contributed by atoms with E-state index in [0.29, 0.717) is 0 Å². The van der Waals surface area contributed by atoms with Crippen LogP contribution in [0.15, 0.2) is 30.3 Å². The molecule has 7 heteroatoms. The molecule has 0 radical (unpaired) electrons. The van der Waals surface area contributed by atoms with Gasteiger partial charge in [-0.2, -0.15) is 0 Å². The average molecular weight is 338 g/mol. The number of hydrogen-bond acceptors (Lipinski definition) is 7. The fourth-order valence-corrected chi connectivity index (χ4v) is 2.63. The molecule has 1 aliphatic rings. The Hall–Kier alpha value is -1.96. The van der Waals surface area contributed by atoms with E-state index in [-0.39, 0.29) is 6.61 Å². The summed E-state index contributed by atoms with van der Waals surface area (Å²) in [6, 6.07) is 9.45. The van der Waals surface area contributed by atoms with E-state index in [2.05, 4.69) is 0 Å². The molecule has 1 heterocycles. The molecule has 1 fully saturated rings. The van der Waals surface area contributed by atoms with E-state index in [0.717, 1.165) is 5.56 Å². The number of benzene rings is 1. The first-order chi connectivity index (χ1) is 11.4. The normalized spacial score (nSPS) is 29.8. The smallest absolute Gasteiger partial charge is 0.303 e. The largest absolute Gasteiger partial charge is 0.455 e. The van der Waals surface area contributed by atoms with Crippen molar-refractivity contribution in [2.24, 2.45) is 0 Å². The molecule has 5 atom stereocenters. The number of carbonyl (C=O) groups excluding carboxylic acids is 2. The van der Waals surface area contributed by atoms with Crippen LogP contribution in [0.2, 0.25) is 0 Å². The maximum Gasteiger partial charge on any atom is 0.303 e. The first kappa shape index (κ1) is 18.4. The Kier molecular flexibility index (Phi) is 6.30. The second-order valence-corrected chi connectivity index (χ2v) is 5.64. The summed E-state index contributed by atoms with van der Waals surface area (Å²) in [4.78, 5) is 22.7. The van der Waals surface area contributed by atoms with Crippen molar-refractivity contribution in [2.75, 3.05) is 0 Å². The third-order valence-electron chi connectivity index (χ3n) is 3.63. The molecule has 0 aliphatic carbocycles. The lowest BCUT2D eigenvalue weighted by atomic mass is 9.99. The Balaban J connectivity index is 2.16. The van der Waals surface area contributed by atoms with E-state index in [1.807, 2.05) is 30.3 Å². The molecule has 1 saturated heterocycles. The third-order valence-corrected chi connectivity index (χ3v) is 3.63. The summed E-state index contributed by atoms with van der Waals surface area (Å²) < 4.78 is 21.6. The van der Waals surface area contributed by atoms with Gasteiger partial charge >= 0.3 is 11.9 Å². The minimum absolute atomic E-state index is 0.264. The van der Waals surface area contributed by atoms with Crippen LogP contribution in [-0.4, -0.2) is 47.8 Å². The van der Waals surface area contributed by atoms with E-state index in [9.17, 15) is 14.7 Å². The lowest BCUT2D eigenvalue weighted by Gasteiger charge is -2.42. The maximum atomic E-state index is 11.4. The number of carbonyl (C=O) groups is 2. The average Bonchev–Trinajstić information content (AvgIpc) is 2.51. The molecule has 1 unspecified atom stereocenters. The molecule has 0 spiro atoms. The maximum absolute atomic E-state index is 11.4. The summed E-state index contributed by atoms with van der Waals surface area (Å²) in [5.74, 6) is -1.18. The summed E-state index contributed by atoms with van der Waals surface area (Å²) >= 11 is 0. The number of aliphatic hydroxyl groups is 1. The van der Waals surface area contributed by atoms with Gasteiger partial charge in [0.25, 0.3) is 0 Å². The molecule has 1 aromatic carbocycles. The second-order valence-electron chi connectivity index (χ2n) is 5.64. The predicted molar refractivity (Wildman–Crippen MR) is 82.7 cm³/mol. The van der Waals surface area contributed by atoms with Gasteiger partial charge in [-0.15, -0.1) is 0 Å². The molecule has 7 nitrogen and oxygen atoms in total. The molecule has 24 heavy (non-hydrogen) atoms. The van der Waals surface area contributed by atoms with Crippen molar-refractivity contribution in [1.82, 2.24) is 0 Å². The zero-order chi connectivity index (χ0) is 17.7. The molecule has 1 aromatic rings. The molecule has 0 bridgehead atoms. The molecular weight excluding hydrogens is 316 g/mol. The highest BCUT2D eigenvalue weighted by Crippen LogP contribution is 2.28. The lowest BCUT2D eigenvalue weighted by Crippen LogP contribution is -2.60. The van der Waals surface area contributed by atoms with Gasteiger partial charge < -0.3 is 24.1 Å². The molecule has 0 saturated carbocycles. The van der Waals surface area contributed by atoms with Crippen molar-refractivity contribution in [2.45, 2.75) is 58.1 Å². The van der Waals surface area contributed by atoms with Gasteiger partial charge in [-0.1, -0.05) is 30.3 Å². The van der Waals surface area contributed by atoms with Crippen molar-refractivity contribution in [3.05, 3.63) is 35.9 Å². The minimum Gasteiger partial charge on any atom is -0.455 e. The Morgan fingerprint density at radius 2 is 1.62 bits per heavy atom. The lowest BCUT2D eigenvalue weighted by molar-refractivity contribution is -0.293. The van der Waals surface area contributed by atoms with Crippen molar-refractivity contribution in [1.29, 1.82) is 0 Å². The van der Waals surface area contributed by atoms with Crippen LogP contribution in [0.5, 0.6) is 0 Å². The van der Waals surface area contributed by atoms with Crippen LogP contribution in [0.4, 0.5) is 0 Å². The Labute approximate surface area is 140 Å². The van der Waals surface area contributed by atoms with Crippen LogP contribution in [0, 0.1) is 0 Å². The highest BCUT2D eigenvalue weighted by molar-refractivity contribution is 5.67. The Morgan fingerprint density at radius 3 is 2.21 bits per heavy atom. The zero-order valence-corrected chi connectivity index (χ0v) is 13.9. The summed E-state index contributed by atoms with van der Waals surface area (Å²) in [5, 5.41) is 10.0. The predicted octanol–water partition coefficient (Wildman–Crippen LogP) is 1.17. The molecule has 0 amide bonds. The summed E-state index contributed by atoms with van der Waals surface area (Å²) in [5.41, 5.74) is 0.932. The van der Waals surface area contributed by atoms with Gasteiger partial charge in [-0.05, 0) is 12.5 Å². The highest BCUT2D eigenvalue weighted by Gasteiger charge is 2.48. The van der Waals surface area contributed by atoms with E-state index in [1.165, 1.54) is 13.8 Å². The summed E-state index contributed by atoms with van der Waals surface area (Å²) in [7, 11) is 0. The first-order valence-corrected chi connectivity index (χ1v) is 7.72. The van der Waals surface area contributed by atoms with Crippen molar-refractivity contribution < 1.29 is 33.6 Å². The van der Waals surface area contributed by atoms with Gasteiger partial charge in [0, 0.05) is 13.8 Å². The second kappa shape index (κ2) is 8.23. The SMILES string of the molecule is CC(=O)O[C@@H]1[C@@H](OCc2ccccc2)[C@H](C)OC(O)[C@@H]1OC(C)=O. The molecule has 1 N–H and O–H groups in total. The van der Waals surface area contributed by atoms with Gasteiger partial charge in [-0.3, -0.25) is 9.59 Å². The van der Waals surface area contributed by atoms with Gasteiger partial charge in [0.1, 0.15) is 6.10 Å². The van der Waals surface area contributed by atoms with Crippen LogP contribution < -0.4 is 0 Å². The number of aliphatic hydroxyl groups excluding tert-OH is 1. The number of rotatable bonds is 5. The van der Waals surface area contributed by atoms with E-state index in [1.54, 1.807) is 6.92 Å². The molecule has 1 aliphatic heterocycles. The van der Waals surface area contributed by atoms with Crippen LogP contribution in [0.25, 0.3) is 0 Å². The van der Waals surface area contributed by atoms with E-state index in [4.69, 9.17) is 18.9 Å². The summed E-state index contributed by atoms with van der Waals surface area (Å²) in [6.07, 6.45) is -4.76. The minimum atomic E-state index is -1.40. The fourth-order valence-electron chi connectivity index (χ4n) is 2.63. The number of hydrogen-bond donors (Lipinski definition) is 1. The number of esters is 2. The van der Waals surface area contributed by atoms with Crippen LogP contribution in [-0.2, 0) is 35.1 Å². The zero-order valence-electron chi connectivity index (χ0n) is 13.9. The Morgan fingerprint density at radius 1 is 1.04 bits per heavy atom. The van der Waals surface area contributed by atoms with Gasteiger partial charge in [-0.25, -0.2) is 0 Å². The fraction of sp³-hybridized carbons (Fsp3) is 0.529. The summed E-state index contributed by atoms with van der Waals surface area (Å²) in [6.45, 7) is 4.40. The Bertz CT molecular complexity index is 559. The number of ether oxygens (including phenoxy) is 4. The molecular formula is C17H22O7. The topological polar surface area (TPSA) is 91.3 Å².